The minimum atomic E-state index is -1.23. The van der Waals surface area contributed by atoms with Crippen LogP contribution in [0.4, 0.5) is 17.1 Å². The fourth-order valence-corrected chi connectivity index (χ4v) is 4.71. The molecule has 9 nitrogen and oxygen atoms in total. The smallest absolute Gasteiger partial charge is 0.326 e. The molecule has 10 heteroatoms. The molecule has 0 aromatic heterocycles. The topological polar surface area (TPSA) is 131 Å². The molecule has 3 N–H and O–H groups in total. The molecule has 1 atom stereocenters. The largest absolute Gasteiger partial charge is 0.480 e. The van der Waals surface area contributed by atoms with Crippen LogP contribution in [0.1, 0.15) is 15.9 Å². The van der Waals surface area contributed by atoms with Crippen molar-refractivity contribution >= 4 is 40.5 Å². The number of halogens is 1. The zero-order valence-corrected chi connectivity index (χ0v) is 23.9. The summed E-state index contributed by atoms with van der Waals surface area (Å²) in [6.45, 7) is 0. The average molecular weight is 608 g/mol. The molecule has 5 aromatic carbocycles. The number of aliphatic carboxylic acids is 1. The van der Waals surface area contributed by atoms with Crippen molar-refractivity contribution in [2.45, 2.75) is 12.5 Å². The number of carboxylic acid groups (broad SMARTS) is 1. The van der Waals surface area contributed by atoms with E-state index in [0.29, 0.717) is 28.4 Å². The van der Waals surface area contributed by atoms with Crippen LogP contribution in [0.5, 0.6) is 11.5 Å². The molecule has 0 saturated heterocycles. The minimum Gasteiger partial charge on any atom is -0.480 e. The van der Waals surface area contributed by atoms with Crippen LogP contribution in [0.25, 0.3) is 11.1 Å². The molecule has 5 aromatic rings. The van der Waals surface area contributed by atoms with E-state index in [2.05, 4.69) is 10.6 Å². The highest BCUT2D eigenvalue weighted by Gasteiger charge is 2.23. The summed E-state index contributed by atoms with van der Waals surface area (Å²) in [5.41, 5.74) is 3.36. The third kappa shape index (κ3) is 7.39. The maximum absolute atomic E-state index is 13.3. The van der Waals surface area contributed by atoms with Crippen LogP contribution in [0.2, 0.25) is 5.02 Å². The molecular weight excluding hydrogens is 582 g/mol. The summed E-state index contributed by atoms with van der Waals surface area (Å²) in [5.74, 6) is -0.451. The number of non-ortho nitro benzene ring substituents is 1. The molecule has 220 valence electrons. The molecule has 0 fully saturated rings. The molecule has 1 unspecified atom stereocenters. The van der Waals surface area contributed by atoms with E-state index in [1.54, 1.807) is 12.1 Å². The average Bonchev–Trinajstić information content (AvgIpc) is 3.03. The van der Waals surface area contributed by atoms with E-state index in [1.807, 2.05) is 78.9 Å². The monoisotopic (exact) mass is 607 g/mol. The van der Waals surface area contributed by atoms with Gasteiger partial charge in [0.05, 0.1) is 16.2 Å². The Morgan fingerprint density at radius 2 is 1.55 bits per heavy atom. The van der Waals surface area contributed by atoms with E-state index >= 15 is 0 Å². The van der Waals surface area contributed by atoms with E-state index < -0.39 is 22.8 Å². The van der Waals surface area contributed by atoms with E-state index in [0.717, 1.165) is 11.1 Å². The number of amides is 1. The van der Waals surface area contributed by atoms with Crippen molar-refractivity contribution in [2.24, 2.45) is 0 Å². The Morgan fingerprint density at radius 1 is 0.864 bits per heavy atom. The van der Waals surface area contributed by atoms with E-state index in [1.165, 1.54) is 30.3 Å². The van der Waals surface area contributed by atoms with Crippen LogP contribution in [0.3, 0.4) is 0 Å². The molecule has 0 aliphatic carbocycles. The van der Waals surface area contributed by atoms with Gasteiger partial charge in [0.1, 0.15) is 17.5 Å². The Kier molecular flexibility index (Phi) is 9.17. The number of benzene rings is 5. The molecule has 0 spiro atoms. The predicted molar refractivity (Wildman–Crippen MR) is 169 cm³/mol. The molecule has 44 heavy (non-hydrogen) atoms. The van der Waals surface area contributed by atoms with Crippen molar-refractivity contribution < 1.29 is 24.4 Å². The van der Waals surface area contributed by atoms with Crippen LogP contribution < -0.4 is 15.4 Å². The van der Waals surface area contributed by atoms with Gasteiger partial charge in [-0.3, -0.25) is 14.9 Å². The second kappa shape index (κ2) is 13.5. The molecular formula is C34H26ClN3O6. The summed E-state index contributed by atoms with van der Waals surface area (Å²) < 4.78 is 6.08. The highest BCUT2D eigenvalue weighted by Crippen LogP contribution is 2.33. The normalized spacial score (nSPS) is 11.3. The predicted octanol–water partition coefficient (Wildman–Crippen LogP) is 7.88. The van der Waals surface area contributed by atoms with Gasteiger partial charge in [0.25, 0.3) is 11.6 Å². The lowest BCUT2D eigenvalue weighted by Gasteiger charge is -2.18. The number of carboxylic acids is 1. The highest BCUT2D eigenvalue weighted by molar-refractivity contribution is 6.31. The number of carbonyl (C=O) groups is 2. The first-order valence-electron chi connectivity index (χ1n) is 13.5. The van der Waals surface area contributed by atoms with Crippen molar-refractivity contribution in [3.05, 3.63) is 148 Å². The van der Waals surface area contributed by atoms with Crippen LogP contribution in [-0.4, -0.2) is 27.9 Å². The van der Waals surface area contributed by atoms with Crippen LogP contribution >= 0.6 is 11.6 Å². The Hall–Kier alpha value is -5.67. The van der Waals surface area contributed by atoms with Gasteiger partial charge in [-0.15, -0.1) is 0 Å². The van der Waals surface area contributed by atoms with Crippen LogP contribution in [-0.2, 0) is 11.2 Å². The quantitative estimate of drug-likeness (QED) is 0.103. The van der Waals surface area contributed by atoms with Crippen molar-refractivity contribution in [2.75, 3.05) is 5.32 Å². The molecule has 0 radical (unpaired) electrons. The van der Waals surface area contributed by atoms with E-state index in [4.69, 9.17) is 16.3 Å². The third-order valence-corrected chi connectivity index (χ3v) is 6.98. The molecule has 1 amide bonds. The van der Waals surface area contributed by atoms with Crippen molar-refractivity contribution in [3.8, 4) is 22.6 Å². The fourth-order valence-electron chi connectivity index (χ4n) is 4.54. The number of rotatable bonds is 11. The lowest BCUT2D eigenvalue weighted by Crippen LogP contribution is -2.42. The molecule has 5 rings (SSSR count). The summed E-state index contributed by atoms with van der Waals surface area (Å²) in [5, 5.41) is 26.8. The summed E-state index contributed by atoms with van der Waals surface area (Å²) in [4.78, 5) is 35.9. The number of hydrogen-bond acceptors (Lipinski definition) is 6. The van der Waals surface area contributed by atoms with Gasteiger partial charge in [0, 0.05) is 34.8 Å². The fraction of sp³-hybridized carbons (Fsp3) is 0.0588. The minimum absolute atomic E-state index is 0.0369. The second-order valence-corrected chi connectivity index (χ2v) is 10.2. The van der Waals surface area contributed by atoms with Crippen LogP contribution in [0.15, 0.2) is 121 Å². The summed E-state index contributed by atoms with van der Waals surface area (Å²) in [7, 11) is 0. The van der Waals surface area contributed by atoms with Gasteiger partial charge in [-0.05, 0) is 59.7 Å². The lowest BCUT2D eigenvalue weighted by molar-refractivity contribution is -0.384. The summed E-state index contributed by atoms with van der Waals surface area (Å²) in [6, 6.07) is 33.5. The van der Waals surface area contributed by atoms with E-state index in [-0.39, 0.29) is 22.7 Å². The summed E-state index contributed by atoms with van der Waals surface area (Å²) >= 11 is 6.16. The van der Waals surface area contributed by atoms with Gasteiger partial charge in [-0.1, -0.05) is 72.3 Å². The number of carbonyl (C=O) groups excluding carboxylic acids is 1. The third-order valence-electron chi connectivity index (χ3n) is 6.75. The molecule has 0 aliphatic heterocycles. The standard InChI is InChI=1S/C34H26ClN3O6/c35-24-14-19-30(36-25-15-17-26(18-16-25)38(42)43)29(21-24)33(39)37-31(34(40)41)20-22-10-12-23(13-11-22)28-8-4-5-9-32(28)44-27-6-2-1-3-7-27/h1-19,21,31,36H,20H2,(H,37,39)(H,40,41). The lowest BCUT2D eigenvalue weighted by atomic mass is 9.99. The number of para-hydroxylation sites is 2. The second-order valence-electron chi connectivity index (χ2n) is 9.80. The highest BCUT2D eigenvalue weighted by atomic mass is 35.5. The van der Waals surface area contributed by atoms with Gasteiger partial charge >= 0.3 is 5.97 Å². The molecule has 0 aliphatic rings. The summed E-state index contributed by atoms with van der Waals surface area (Å²) in [6.07, 6.45) is 0.0369. The van der Waals surface area contributed by atoms with Gasteiger partial charge in [0.15, 0.2) is 0 Å². The number of ether oxygens (including phenoxy) is 1. The van der Waals surface area contributed by atoms with E-state index in [9.17, 15) is 24.8 Å². The van der Waals surface area contributed by atoms with Crippen molar-refractivity contribution in [1.29, 1.82) is 0 Å². The zero-order chi connectivity index (χ0) is 31.1. The maximum Gasteiger partial charge on any atom is 0.326 e. The van der Waals surface area contributed by atoms with Crippen molar-refractivity contribution in [1.82, 2.24) is 5.32 Å². The zero-order valence-electron chi connectivity index (χ0n) is 23.1. The molecule has 0 bridgehead atoms. The first-order valence-corrected chi connectivity index (χ1v) is 13.9. The van der Waals surface area contributed by atoms with Gasteiger partial charge < -0.3 is 20.5 Å². The SMILES string of the molecule is O=C(NC(Cc1ccc(-c2ccccc2Oc2ccccc2)cc1)C(=O)O)c1cc(Cl)ccc1Nc1ccc([N+](=O)[O-])cc1. The maximum atomic E-state index is 13.3. The van der Waals surface area contributed by atoms with Crippen LogP contribution in [0, 0.1) is 10.1 Å². The Labute approximate surface area is 257 Å². The Morgan fingerprint density at radius 3 is 2.23 bits per heavy atom. The number of nitrogens with zero attached hydrogens (tertiary/aromatic N) is 1. The Bertz CT molecular complexity index is 1800. The molecule has 0 heterocycles. The number of nitro benzene ring substituents is 1. The Balaban J connectivity index is 1.31. The number of anilines is 2. The van der Waals surface area contributed by atoms with Gasteiger partial charge in [-0.2, -0.15) is 0 Å². The number of hydrogen-bond donors (Lipinski definition) is 3. The first-order chi connectivity index (χ1) is 21.3. The van der Waals surface area contributed by atoms with Gasteiger partial charge in [-0.25, -0.2) is 4.79 Å². The first kappa shape index (κ1) is 29.8. The number of nitro groups is 1. The van der Waals surface area contributed by atoms with Gasteiger partial charge in [0.2, 0.25) is 0 Å². The molecule has 0 saturated carbocycles. The number of nitrogens with one attached hydrogen (secondary N) is 2. The van der Waals surface area contributed by atoms with Crippen molar-refractivity contribution in [3.63, 3.8) is 0 Å².